The van der Waals surface area contributed by atoms with Crippen LogP contribution in [0.15, 0.2) is 182 Å². The summed E-state index contributed by atoms with van der Waals surface area (Å²) < 4.78 is 4.88. The minimum absolute atomic E-state index is 1.24. The van der Waals surface area contributed by atoms with Gasteiger partial charge in [-0.3, -0.25) is 0 Å². The van der Waals surface area contributed by atoms with Gasteiger partial charge in [0, 0.05) is 52.8 Å². The molecule has 5 aromatic heterocycles. The number of fused-ring (bicyclic) bond motifs is 12. The highest BCUT2D eigenvalue weighted by Gasteiger charge is 2.20. The molecule has 0 fully saturated rings. The molecule has 0 aliphatic rings. The van der Waals surface area contributed by atoms with Gasteiger partial charge in [0.25, 0.3) is 0 Å². The maximum Gasteiger partial charge on any atom is 0.0620 e. The van der Waals surface area contributed by atoms with Gasteiger partial charge in [-0.25, -0.2) is 0 Å². The van der Waals surface area contributed by atoms with Crippen LogP contribution >= 0.6 is 11.3 Å². The minimum Gasteiger partial charge on any atom is -0.308 e. The van der Waals surface area contributed by atoms with E-state index in [1.54, 1.807) is 0 Å². The van der Waals surface area contributed by atoms with Gasteiger partial charge in [0.2, 0.25) is 0 Å². The highest BCUT2D eigenvalue weighted by Crippen LogP contribution is 2.44. The van der Waals surface area contributed by atoms with Crippen molar-refractivity contribution in [3.05, 3.63) is 182 Å². The predicted molar refractivity (Wildman–Crippen MR) is 235 cm³/mol. The molecule has 8 aromatic carbocycles. The van der Waals surface area contributed by atoms with Crippen molar-refractivity contribution in [1.29, 1.82) is 0 Å². The summed E-state index contributed by atoms with van der Waals surface area (Å²) in [6.45, 7) is 0. The molecule has 13 rings (SSSR count). The largest absolute Gasteiger partial charge is 0.308 e. The average molecular weight is 715 g/mol. The molecule has 55 heavy (non-hydrogen) atoms. The van der Waals surface area contributed by atoms with E-state index in [1.807, 2.05) is 11.3 Å². The average Bonchev–Trinajstić information content (AvgIpc) is 4.08. The summed E-state index contributed by atoms with van der Waals surface area (Å²) in [5, 5.41) is 10.5. The Morgan fingerprint density at radius 2 is 0.545 bits per heavy atom. The first kappa shape index (κ1) is 29.5. The van der Waals surface area contributed by atoms with Crippen LogP contribution in [0.5, 0.6) is 0 Å². The number of thiophene rings is 1. The zero-order chi connectivity index (χ0) is 35.8. The van der Waals surface area contributed by atoms with Crippen LogP contribution in [0.3, 0.4) is 0 Å². The minimum atomic E-state index is 1.24. The number of hydrogen-bond donors (Lipinski definition) is 0. The molecule has 0 aliphatic heterocycles. The molecule has 0 N–H and O–H groups in total. The van der Waals surface area contributed by atoms with Crippen LogP contribution in [-0.4, -0.2) is 8.80 Å². The smallest absolute Gasteiger partial charge is 0.0620 e. The van der Waals surface area contributed by atoms with E-state index < -0.39 is 0 Å². The van der Waals surface area contributed by atoms with Crippen LogP contribution in [0.4, 0.5) is 0 Å². The highest BCUT2D eigenvalue weighted by molar-refractivity contribution is 7.18. The molecule has 0 unspecified atom stereocenters. The van der Waals surface area contributed by atoms with Gasteiger partial charge in [-0.05, 0) is 94.0 Å². The Bertz CT molecular complexity index is 3230. The van der Waals surface area contributed by atoms with E-state index >= 15 is 0 Å². The molecule has 3 heteroatoms. The van der Waals surface area contributed by atoms with Gasteiger partial charge in [0.1, 0.15) is 0 Å². The Hall–Kier alpha value is -6.94. The summed E-state index contributed by atoms with van der Waals surface area (Å²) in [5.74, 6) is 0. The third-order valence-electron chi connectivity index (χ3n) is 12.0. The number of benzene rings is 8. The fourth-order valence-corrected chi connectivity index (χ4v) is 10.6. The van der Waals surface area contributed by atoms with Crippen LogP contribution < -0.4 is 0 Å². The van der Waals surface area contributed by atoms with Gasteiger partial charge in [0.15, 0.2) is 0 Å². The summed E-state index contributed by atoms with van der Waals surface area (Å²) in [7, 11) is 0. The molecule has 0 radical (unpaired) electrons. The van der Waals surface area contributed by atoms with Gasteiger partial charge in [-0.1, -0.05) is 121 Å². The van der Waals surface area contributed by atoms with Crippen molar-refractivity contribution >= 4 is 87.5 Å². The second-order valence-corrected chi connectivity index (χ2v) is 16.0. The molecular formula is C52H30N2S. The first-order valence-corrected chi connectivity index (χ1v) is 19.7. The van der Waals surface area contributed by atoms with Crippen LogP contribution in [-0.2, 0) is 0 Å². The van der Waals surface area contributed by atoms with Crippen molar-refractivity contribution in [2.24, 2.45) is 0 Å². The van der Waals surface area contributed by atoms with E-state index in [-0.39, 0.29) is 0 Å². The topological polar surface area (TPSA) is 8.82 Å². The van der Waals surface area contributed by atoms with Crippen molar-refractivity contribution < 1.29 is 0 Å². The SMILES string of the molecule is c1ccc2c(c1)c1cc(-c3ccc(-c4ccc(-c5ccc(-c6cc7c8ccccc8n8c9ccccc9c(c6)c78)cc5)s4)cc3)cc3c4ccccc4n2c13. The Morgan fingerprint density at radius 1 is 0.255 bits per heavy atom. The van der Waals surface area contributed by atoms with Crippen LogP contribution in [0, 0.1) is 0 Å². The maximum absolute atomic E-state index is 2.44. The van der Waals surface area contributed by atoms with Crippen molar-refractivity contribution in [3.63, 3.8) is 0 Å². The number of hydrogen-bond acceptors (Lipinski definition) is 1. The first-order chi connectivity index (χ1) is 27.3. The number of nitrogens with zero attached hydrogens (tertiary/aromatic N) is 2. The lowest BCUT2D eigenvalue weighted by Crippen LogP contribution is -1.81. The van der Waals surface area contributed by atoms with Crippen LogP contribution in [0.2, 0.25) is 0 Å². The van der Waals surface area contributed by atoms with E-state index in [9.17, 15) is 0 Å². The molecule has 0 saturated carbocycles. The monoisotopic (exact) mass is 714 g/mol. The summed E-state index contributed by atoms with van der Waals surface area (Å²) >= 11 is 1.86. The molecule has 0 spiro atoms. The van der Waals surface area contributed by atoms with Crippen LogP contribution in [0.25, 0.3) is 119 Å². The summed E-state index contributed by atoms with van der Waals surface area (Å²) in [6.07, 6.45) is 0. The zero-order valence-corrected chi connectivity index (χ0v) is 30.4. The Labute approximate surface area is 320 Å². The summed E-state index contributed by atoms with van der Waals surface area (Å²) in [4.78, 5) is 2.56. The Kier molecular flexibility index (Phi) is 5.80. The predicted octanol–water partition coefficient (Wildman–Crippen LogP) is 14.7. The molecule has 0 saturated heterocycles. The zero-order valence-electron chi connectivity index (χ0n) is 29.6. The Morgan fingerprint density at radius 3 is 0.873 bits per heavy atom. The van der Waals surface area contributed by atoms with Gasteiger partial charge >= 0.3 is 0 Å². The lowest BCUT2D eigenvalue weighted by Gasteiger charge is -2.06. The normalized spacial score (nSPS) is 12.4. The standard InChI is InChI=1S/C52H30N2S/c1-5-13-45-37(9-1)41-27-35(28-42-38-10-2-6-14-46(38)53(45)51(41)42)31-17-21-33(22-18-31)49-25-26-50(55-49)34-23-19-32(20-24-34)36-29-43-39-11-3-7-15-47(39)54-48-16-8-4-12-40(48)44(30-36)52(43)54/h1-30H. The Balaban J connectivity index is 0.841. The van der Waals surface area contributed by atoms with E-state index in [0.717, 1.165) is 0 Å². The van der Waals surface area contributed by atoms with E-state index in [4.69, 9.17) is 0 Å². The summed E-state index contributed by atoms with van der Waals surface area (Å²) in [5.41, 5.74) is 15.2. The number of rotatable bonds is 4. The van der Waals surface area contributed by atoms with E-state index in [2.05, 4.69) is 191 Å². The van der Waals surface area contributed by atoms with Crippen molar-refractivity contribution in [2.75, 3.05) is 0 Å². The molecule has 13 aromatic rings. The molecule has 5 heterocycles. The number of para-hydroxylation sites is 4. The molecule has 0 aliphatic carbocycles. The van der Waals surface area contributed by atoms with Crippen molar-refractivity contribution in [1.82, 2.24) is 8.80 Å². The van der Waals surface area contributed by atoms with Crippen molar-refractivity contribution in [3.8, 4) is 43.1 Å². The fraction of sp³-hybridized carbons (Fsp3) is 0. The van der Waals surface area contributed by atoms with E-state index in [0.29, 0.717) is 0 Å². The quantitative estimate of drug-likeness (QED) is 0.172. The summed E-state index contributed by atoms with van der Waals surface area (Å²) in [6, 6.07) is 67.5. The van der Waals surface area contributed by atoms with Gasteiger partial charge in [0.05, 0.1) is 33.1 Å². The first-order valence-electron chi connectivity index (χ1n) is 18.9. The lowest BCUT2D eigenvalue weighted by molar-refractivity contribution is 1.37. The van der Waals surface area contributed by atoms with Gasteiger partial charge in [-0.15, -0.1) is 11.3 Å². The second-order valence-electron chi connectivity index (χ2n) is 14.9. The number of aromatic nitrogens is 2. The van der Waals surface area contributed by atoms with E-state index in [1.165, 1.54) is 119 Å². The third-order valence-corrected chi connectivity index (χ3v) is 13.2. The molecule has 0 bridgehead atoms. The van der Waals surface area contributed by atoms with Gasteiger partial charge in [-0.2, -0.15) is 0 Å². The molecule has 0 atom stereocenters. The maximum atomic E-state index is 2.44. The lowest BCUT2D eigenvalue weighted by atomic mass is 9.98. The fourth-order valence-electron chi connectivity index (χ4n) is 9.53. The molecule has 2 nitrogen and oxygen atoms in total. The third kappa shape index (κ3) is 4.03. The molecule has 254 valence electrons. The van der Waals surface area contributed by atoms with Crippen LogP contribution in [0.1, 0.15) is 0 Å². The molecule has 0 amide bonds. The molecular weight excluding hydrogens is 685 g/mol. The van der Waals surface area contributed by atoms with Gasteiger partial charge < -0.3 is 8.80 Å². The van der Waals surface area contributed by atoms with Crippen molar-refractivity contribution in [2.45, 2.75) is 0 Å². The second kappa shape index (κ2) is 10.8. The highest BCUT2D eigenvalue weighted by atomic mass is 32.1.